The van der Waals surface area contributed by atoms with E-state index in [1.54, 1.807) is 24.3 Å². The van der Waals surface area contributed by atoms with E-state index in [9.17, 15) is 9.59 Å². The smallest absolute Gasteiger partial charge is 0.261 e. The van der Waals surface area contributed by atoms with Gasteiger partial charge >= 0.3 is 0 Å². The minimum absolute atomic E-state index is 0.124. The molecule has 0 N–H and O–H groups in total. The van der Waals surface area contributed by atoms with Crippen LogP contribution in [0.2, 0.25) is 0 Å². The van der Waals surface area contributed by atoms with Crippen molar-refractivity contribution in [3.63, 3.8) is 0 Å². The van der Waals surface area contributed by atoms with Crippen LogP contribution in [0.5, 0.6) is 0 Å². The number of imide groups is 1. The van der Waals surface area contributed by atoms with Gasteiger partial charge in [0, 0.05) is 6.54 Å². The summed E-state index contributed by atoms with van der Waals surface area (Å²) in [6.45, 7) is 0.580. The molecule has 1 aliphatic carbocycles. The fourth-order valence-corrected chi connectivity index (χ4v) is 2.16. The van der Waals surface area contributed by atoms with Crippen LogP contribution in [0.1, 0.15) is 40.0 Å². The maximum absolute atomic E-state index is 11.9. The molecule has 0 bridgehead atoms. The Labute approximate surface area is 94.1 Å². The Bertz CT molecular complexity index is 428. The lowest BCUT2D eigenvalue weighted by Crippen LogP contribution is -2.30. The highest BCUT2D eigenvalue weighted by atomic mass is 16.2. The van der Waals surface area contributed by atoms with E-state index in [2.05, 4.69) is 0 Å². The lowest BCUT2D eigenvalue weighted by atomic mass is 10.1. The summed E-state index contributed by atoms with van der Waals surface area (Å²) < 4.78 is 0. The highest BCUT2D eigenvalue weighted by Crippen LogP contribution is 2.33. The topological polar surface area (TPSA) is 37.4 Å². The maximum Gasteiger partial charge on any atom is 0.261 e. The molecule has 1 heterocycles. The largest absolute Gasteiger partial charge is 0.274 e. The summed E-state index contributed by atoms with van der Waals surface area (Å²) in [6, 6.07) is 7.06. The third-order valence-corrected chi connectivity index (χ3v) is 3.34. The predicted octanol–water partition coefficient (Wildman–Crippen LogP) is 2.08. The van der Waals surface area contributed by atoms with Gasteiger partial charge in [0.1, 0.15) is 0 Å². The van der Waals surface area contributed by atoms with Crippen molar-refractivity contribution < 1.29 is 9.59 Å². The number of carbonyl (C=O) groups is 2. The van der Waals surface area contributed by atoms with E-state index in [1.807, 2.05) is 0 Å². The number of amides is 2. The Hall–Kier alpha value is -1.64. The van der Waals surface area contributed by atoms with Gasteiger partial charge in [0.15, 0.2) is 0 Å². The second kappa shape index (κ2) is 3.44. The number of nitrogens with zero attached hydrogens (tertiary/aromatic N) is 1. The average molecular weight is 215 g/mol. The van der Waals surface area contributed by atoms with Crippen molar-refractivity contribution in [1.29, 1.82) is 0 Å². The fraction of sp³-hybridized carbons (Fsp3) is 0.385. The van der Waals surface area contributed by atoms with E-state index in [1.165, 1.54) is 17.7 Å². The molecule has 1 aromatic carbocycles. The minimum atomic E-state index is -0.124. The molecule has 0 atom stereocenters. The number of rotatable bonds is 3. The van der Waals surface area contributed by atoms with Gasteiger partial charge in [0.05, 0.1) is 11.1 Å². The molecule has 3 rings (SSSR count). The highest BCUT2D eigenvalue weighted by Gasteiger charge is 2.35. The monoisotopic (exact) mass is 215 g/mol. The van der Waals surface area contributed by atoms with Crippen LogP contribution in [0.25, 0.3) is 0 Å². The Morgan fingerprint density at radius 3 is 2.12 bits per heavy atom. The van der Waals surface area contributed by atoms with Crippen molar-refractivity contribution in [3.8, 4) is 0 Å². The fourth-order valence-electron chi connectivity index (χ4n) is 2.16. The van der Waals surface area contributed by atoms with Crippen LogP contribution < -0.4 is 0 Å². The number of hydrogen-bond acceptors (Lipinski definition) is 2. The van der Waals surface area contributed by atoms with Gasteiger partial charge in [0.25, 0.3) is 11.8 Å². The van der Waals surface area contributed by atoms with Gasteiger partial charge in [-0.2, -0.15) is 0 Å². The van der Waals surface area contributed by atoms with Crippen molar-refractivity contribution in [2.45, 2.75) is 19.3 Å². The molecule has 0 saturated heterocycles. The summed E-state index contributed by atoms with van der Waals surface area (Å²) in [6.07, 6.45) is 3.47. The second-order valence-corrected chi connectivity index (χ2v) is 4.54. The van der Waals surface area contributed by atoms with Crippen molar-refractivity contribution in [2.75, 3.05) is 6.54 Å². The minimum Gasteiger partial charge on any atom is -0.274 e. The van der Waals surface area contributed by atoms with E-state index in [-0.39, 0.29) is 11.8 Å². The first-order valence-corrected chi connectivity index (χ1v) is 5.72. The first-order chi connectivity index (χ1) is 7.77. The zero-order valence-electron chi connectivity index (χ0n) is 8.98. The van der Waals surface area contributed by atoms with E-state index < -0.39 is 0 Å². The van der Waals surface area contributed by atoms with Crippen LogP contribution in [0, 0.1) is 5.92 Å². The van der Waals surface area contributed by atoms with E-state index >= 15 is 0 Å². The summed E-state index contributed by atoms with van der Waals surface area (Å²) in [5.74, 6) is 0.492. The van der Waals surface area contributed by atoms with Gasteiger partial charge in [0.2, 0.25) is 0 Å². The molecule has 1 aromatic rings. The molecule has 1 fully saturated rings. The van der Waals surface area contributed by atoms with Crippen LogP contribution in [-0.2, 0) is 0 Å². The number of hydrogen-bond donors (Lipinski definition) is 0. The third-order valence-electron chi connectivity index (χ3n) is 3.34. The lowest BCUT2D eigenvalue weighted by Gasteiger charge is -2.12. The Kier molecular flexibility index (Phi) is 2.06. The van der Waals surface area contributed by atoms with Crippen LogP contribution in [0.15, 0.2) is 24.3 Å². The third kappa shape index (κ3) is 1.43. The second-order valence-electron chi connectivity index (χ2n) is 4.54. The lowest BCUT2D eigenvalue weighted by molar-refractivity contribution is 0.0650. The van der Waals surface area contributed by atoms with Gasteiger partial charge in [-0.1, -0.05) is 25.0 Å². The number of fused-ring (bicyclic) bond motifs is 1. The molecule has 0 radical (unpaired) electrons. The summed E-state index contributed by atoms with van der Waals surface area (Å²) in [5.41, 5.74) is 1.12. The molecule has 2 aliphatic rings. The van der Waals surface area contributed by atoms with Crippen molar-refractivity contribution in [1.82, 2.24) is 4.90 Å². The Morgan fingerprint density at radius 2 is 1.62 bits per heavy atom. The molecule has 0 spiro atoms. The molecule has 3 heteroatoms. The molecule has 1 saturated carbocycles. The summed E-state index contributed by atoms with van der Waals surface area (Å²) in [4.78, 5) is 25.3. The average Bonchev–Trinajstić information content (AvgIpc) is 3.09. The highest BCUT2D eigenvalue weighted by molar-refractivity contribution is 6.21. The van der Waals surface area contributed by atoms with Crippen LogP contribution in [0.3, 0.4) is 0 Å². The molecule has 3 nitrogen and oxygen atoms in total. The first kappa shape index (κ1) is 9.58. The van der Waals surface area contributed by atoms with Crippen LogP contribution in [-0.4, -0.2) is 23.3 Å². The summed E-state index contributed by atoms with van der Waals surface area (Å²) >= 11 is 0. The van der Waals surface area contributed by atoms with Gasteiger partial charge in [-0.25, -0.2) is 0 Å². The van der Waals surface area contributed by atoms with Gasteiger partial charge in [-0.3, -0.25) is 14.5 Å². The molecule has 2 amide bonds. The van der Waals surface area contributed by atoms with Gasteiger partial charge < -0.3 is 0 Å². The standard InChI is InChI=1S/C13H13NO2/c15-12-10-3-1-2-4-11(10)13(16)14(12)8-7-9-5-6-9/h1-4,9H,5-8H2. The van der Waals surface area contributed by atoms with Gasteiger partial charge in [-0.15, -0.1) is 0 Å². The summed E-state index contributed by atoms with van der Waals surface area (Å²) in [7, 11) is 0. The molecular formula is C13H13NO2. The first-order valence-electron chi connectivity index (χ1n) is 5.72. The zero-order chi connectivity index (χ0) is 11.1. The normalized spacial score (nSPS) is 19.1. The number of benzene rings is 1. The number of carbonyl (C=O) groups excluding carboxylic acids is 2. The van der Waals surface area contributed by atoms with Crippen molar-refractivity contribution in [3.05, 3.63) is 35.4 Å². The predicted molar refractivity (Wildman–Crippen MR) is 59.2 cm³/mol. The van der Waals surface area contributed by atoms with Crippen LogP contribution >= 0.6 is 0 Å². The van der Waals surface area contributed by atoms with Crippen molar-refractivity contribution in [2.24, 2.45) is 5.92 Å². The summed E-state index contributed by atoms with van der Waals surface area (Å²) in [5, 5.41) is 0. The molecule has 16 heavy (non-hydrogen) atoms. The van der Waals surface area contributed by atoms with Gasteiger partial charge in [-0.05, 0) is 24.5 Å². The van der Waals surface area contributed by atoms with E-state index in [0.29, 0.717) is 17.7 Å². The Balaban J connectivity index is 1.82. The molecule has 1 aliphatic heterocycles. The molecule has 0 aromatic heterocycles. The maximum atomic E-state index is 11.9. The molecule has 0 unspecified atom stereocenters. The quantitative estimate of drug-likeness (QED) is 0.724. The Morgan fingerprint density at radius 1 is 1.06 bits per heavy atom. The van der Waals surface area contributed by atoms with Crippen molar-refractivity contribution >= 4 is 11.8 Å². The molecular weight excluding hydrogens is 202 g/mol. The zero-order valence-corrected chi connectivity index (χ0v) is 8.98. The molecule has 82 valence electrons. The SMILES string of the molecule is O=C1c2ccccc2C(=O)N1CCC1CC1. The van der Waals surface area contributed by atoms with Crippen LogP contribution in [0.4, 0.5) is 0 Å². The van der Waals surface area contributed by atoms with E-state index in [0.717, 1.165) is 12.3 Å². The van der Waals surface area contributed by atoms with E-state index in [4.69, 9.17) is 0 Å².